The van der Waals surface area contributed by atoms with Crippen LogP contribution in [0.15, 0.2) is 59.1 Å². The first-order chi connectivity index (χ1) is 13.8. The van der Waals surface area contributed by atoms with E-state index in [1.165, 1.54) is 17.7 Å². The molecule has 0 spiro atoms. The molecule has 0 aliphatic rings. The van der Waals surface area contributed by atoms with Crippen LogP contribution in [0.5, 0.6) is 0 Å². The molecule has 0 amide bonds. The van der Waals surface area contributed by atoms with Crippen molar-refractivity contribution < 1.29 is 17.7 Å². The highest BCUT2D eigenvalue weighted by Crippen LogP contribution is 2.32. The third-order valence-electron chi connectivity index (χ3n) is 4.56. The minimum Gasteiger partial charge on any atom is -0.332 e. The molecule has 0 atom stereocenters. The molecule has 0 unspecified atom stereocenters. The van der Waals surface area contributed by atoms with E-state index in [9.17, 15) is 13.2 Å². The maximum Gasteiger partial charge on any atom is 0.416 e. The van der Waals surface area contributed by atoms with Crippen LogP contribution in [-0.2, 0) is 6.18 Å². The largest absolute Gasteiger partial charge is 0.416 e. The Morgan fingerprint density at radius 2 is 1.72 bits per heavy atom. The van der Waals surface area contributed by atoms with Crippen LogP contribution in [0.2, 0.25) is 0 Å². The van der Waals surface area contributed by atoms with Gasteiger partial charge >= 0.3 is 6.18 Å². The summed E-state index contributed by atoms with van der Waals surface area (Å²) in [6.45, 7) is 4.25. The van der Waals surface area contributed by atoms with Crippen LogP contribution in [0, 0.1) is 0 Å². The minimum atomic E-state index is -4.44. The molecule has 2 aromatic heterocycles. The minimum absolute atomic E-state index is 0.0727. The zero-order valence-corrected chi connectivity index (χ0v) is 15.7. The number of nitrogens with one attached hydrogen (secondary N) is 1. The Morgan fingerprint density at radius 3 is 2.41 bits per heavy atom. The summed E-state index contributed by atoms with van der Waals surface area (Å²) >= 11 is 0. The predicted molar refractivity (Wildman–Crippen MR) is 102 cm³/mol. The first-order valence-corrected chi connectivity index (χ1v) is 8.99. The van der Waals surface area contributed by atoms with E-state index in [1.807, 2.05) is 24.3 Å². The molecule has 29 heavy (non-hydrogen) atoms. The van der Waals surface area contributed by atoms with Crippen molar-refractivity contribution in [3.63, 3.8) is 0 Å². The van der Waals surface area contributed by atoms with Crippen molar-refractivity contribution in [3.05, 3.63) is 65.7 Å². The van der Waals surface area contributed by atoms with E-state index in [1.54, 1.807) is 6.07 Å². The number of hydrogen-bond donors (Lipinski definition) is 1. The van der Waals surface area contributed by atoms with Crippen LogP contribution in [0.1, 0.15) is 30.9 Å². The molecule has 0 aliphatic carbocycles. The first kappa shape index (κ1) is 18.9. The van der Waals surface area contributed by atoms with Crippen LogP contribution in [0.4, 0.5) is 13.2 Å². The lowest BCUT2D eigenvalue weighted by molar-refractivity contribution is -0.137. The van der Waals surface area contributed by atoms with Crippen LogP contribution in [0.25, 0.3) is 34.2 Å². The fourth-order valence-corrected chi connectivity index (χ4v) is 2.90. The van der Waals surface area contributed by atoms with Gasteiger partial charge in [0.25, 0.3) is 5.89 Å². The Kier molecular flexibility index (Phi) is 4.70. The Morgan fingerprint density at radius 1 is 0.966 bits per heavy atom. The van der Waals surface area contributed by atoms with Crippen molar-refractivity contribution in [3.8, 4) is 34.2 Å². The molecule has 5 nitrogen and oxygen atoms in total. The molecule has 2 aromatic carbocycles. The van der Waals surface area contributed by atoms with Crippen molar-refractivity contribution >= 4 is 0 Å². The average molecular weight is 398 g/mol. The second-order valence-electron chi connectivity index (χ2n) is 6.95. The lowest BCUT2D eigenvalue weighted by Crippen LogP contribution is -2.04. The molecule has 4 aromatic rings. The number of rotatable bonds is 4. The van der Waals surface area contributed by atoms with Crippen LogP contribution < -0.4 is 0 Å². The van der Waals surface area contributed by atoms with E-state index < -0.39 is 11.7 Å². The fourth-order valence-electron chi connectivity index (χ4n) is 2.90. The van der Waals surface area contributed by atoms with Crippen LogP contribution in [-0.4, -0.2) is 20.3 Å². The molecule has 0 bridgehead atoms. The lowest BCUT2D eigenvalue weighted by Gasteiger charge is -2.06. The number of aromatic amines is 1. The average Bonchev–Trinajstić information content (AvgIpc) is 3.37. The second-order valence-corrected chi connectivity index (χ2v) is 6.95. The van der Waals surface area contributed by atoms with Gasteiger partial charge in [-0.15, -0.1) is 0 Å². The normalized spacial score (nSPS) is 11.9. The fraction of sp³-hybridized carbons (Fsp3) is 0.190. The summed E-state index contributed by atoms with van der Waals surface area (Å²) in [5.74, 6) is 0.657. The monoisotopic (exact) mass is 398 g/mol. The Bertz CT molecular complexity index is 1130. The molecule has 0 saturated heterocycles. The topological polar surface area (TPSA) is 67.6 Å². The van der Waals surface area contributed by atoms with Gasteiger partial charge in [0.05, 0.1) is 11.3 Å². The van der Waals surface area contributed by atoms with Gasteiger partial charge in [0.2, 0.25) is 5.82 Å². The smallest absolute Gasteiger partial charge is 0.332 e. The summed E-state index contributed by atoms with van der Waals surface area (Å²) in [7, 11) is 0. The van der Waals surface area contributed by atoms with Gasteiger partial charge in [-0.1, -0.05) is 55.4 Å². The number of benzene rings is 2. The number of nitrogens with zero attached hydrogens (tertiary/aromatic N) is 3. The highest BCUT2D eigenvalue weighted by Gasteiger charge is 2.30. The zero-order valence-electron chi connectivity index (χ0n) is 15.7. The van der Waals surface area contributed by atoms with Crippen molar-refractivity contribution in [2.75, 3.05) is 0 Å². The van der Waals surface area contributed by atoms with E-state index >= 15 is 0 Å². The molecule has 0 aliphatic heterocycles. The number of halogens is 3. The Labute approximate surface area is 164 Å². The highest BCUT2D eigenvalue weighted by molar-refractivity contribution is 5.66. The summed E-state index contributed by atoms with van der Waals surface area (Å²) in [5, 5.41) is 10.9. The maximum absolute atomic E-state index is 12.9. The molecule has 0 saturated carbocycles. The molecular formula is C21H17F3N4O. The summed E-state index contributed by atoms with van der Waals surface area (Å²) in [6, 6.07) is 14.6. The van der Waals surface area contributed by atoms with Crippen LogP contribution >= 0.6 is 0 Å². The van der Waals surface area contributed by atoms with Crippen molar-refractivity contribution in [1.29, 1.82) is 0 Å². The highest BCUT2D eigenvalue weighted by atomic mass is 19.4. The molecule has 148 valence electrons. The first-order valence-electron chi connectivity index (χ1n) is 8.99. The van der Waals surface area contributed by atoms with E-state index in [-0.39, 0.29) is 17.3 Å². The van der Waals surface area contributed by atoms with Gasteiger partial charge in [-0.25, -0.2) is 0 Å². The van der Waals surface area contributed by atoms with Gasteiger partial charge in [-0.2, -0.15) is 23.3 Å². The molecule has 0 radical (unpaired) electrons. The summed E-state index contributed by atoms with van der Waals surface area (Å²) < 4.78 is 43.9. The van der Waals surface area contributed by atoms with Gasteiger partial charge in [0.1, 0.15) is 5.69 Å². The van der Waals surface area contributed by atoms with Gasteiger partial charge < -0.3 is 4.52 Å². The number of aromatic nitrogens is 4. The lowest BCUT2D eigenvalue weighted by atomic mass is 10.0. The number of H-pyrrole nitrogens is 1. The van der Waals surface area contributed by atoms with Crippen LogP contribution in [0.3, 0.4) is 0 Å². The molecule has 4 rings (SSSR count). The quantitative estimate of drug-likeness (QED) is 0.462. The van der Waals surface area contributed by atoms with Crippen molar-refractivity contribution in [2.45, 2.75) is 25.9 Å². The number of alkyl halides is 3. The molecule has 1 N–H and O–H groups in total. The zero-order chi connectivity index (χ0) is 20.6. The van der Waals surface area contributed by atoms with E-state index in [2.05, 4.69) is 34.2 Å². The van der Waals surface area contributed by atoms with Gasteiger partial charge in [-0.05, 0) is 29.7 Å². The molecular weight excluding hydrogens is 381 g/mol. The second kappa shape index (κ2) is 7.20. The van der Waals surface area contributed by atoms with Gasteiger partial charge in [-0.3, -0.25) is 5.10 Å². The van der Waals surface area contributed by atoms with Crippen molar-refractivity contribution in [1.82, 2.24) is 20.3 Å². The summed E-state index contributed by atoms with van der Waals surface area (Å²) in [5.41, 5.74) is 2.79. The third-order valence-corrected chi connectivity index (χ3v) is 4.56. The third kappa shape index (κ3) is 3.91. The van der Waals surface area contributed by atoms with Gasteiger partial charge in [0, 0.05) is 11.1 Å². The summed E-state index contributed by atoms with van der Waals surface area (Å²) in [4.78, 5) is 4.20. The summed E-state index contributed by atoms with van der Waals surface area (Å²) in [6.07, 6.45) is -4.44. The standard InChI is InChI=1S/C21H17F3N4O/c1-12(2)13-6-8-14(9-7-13)17-11-18(27-26-17)20-25-19(28-29-20)15-4-3-5-16(10-15)21(22,23)24/h3-12H,1-2H3,(H,26,27). The molecule has 2 heterocycles. The maximum atomic E-state index is 12.9. The van der Waals surface area contributed by atoms with E-state index in [0.29, 0.717) is 17.3 Å². The van der Waals surface area contributed by atoms with E-state index in [4.69, 9.17) is 4.52 Å². The SMILES string of the molecule is CC(C)c1ccc(-c2cc(-c3nc(-c4cccc(C(F)(F)F)c4)no3)[nH]n2)cc1. The Balaban J connectivity index is 1.59. The van der Waals surface area contributed by atoms with Crippen molar-refractivity contribution in [2.24, 2.45) is 0 Å². The van der Waals surface area contributed by atoms with Gasteiger partial charge in [0.15, 0.2) is 0 Å². The van der Waals surface area contributed by atoms with E-state index in [0.717, 1.165) is 17.7 Å². The molecule has 8 heteroatoms. The molecule has 0 fully saturated rings. The number of hydrogen-bond acceptors (Lipinski definition) is 4. The Hall–Kier alpha value is -3.42. The predicted octanol–water partition coefficient (Wildman–Crippen LogP) is 5.94.